The van der Waals surface area contributed by atoms with Crippen molar-refractivity contribution in [3.63, 3.8) is 0 Å². The average molecular weight is 248 g/mol. The second-order valence-electron chi connectivity index (χ2n) is 4.20. The quantitative estimate of drug-likeness (QED) is 0.753. The van der Waals surface area contributed by atoms with Crippen LogP contribution >= 0.6 is 0 Å². The van der Waals surface area contributed by atoms with Gasteiger partial charge < -0.3 is 9.30 Å². The molecule has 2 rings (SSSR count). The number of hydrogen-bond donors (Lipinski definition) is 0. The number of imidazole rings is 1. The molecule has 96 valence electrons. The monoisotopic (exact) mass is 248 g/mol. The highest BCUT2D eigenvalue weighted by Gasteiger charge is 2.11. The maximum absolute atomic E-state index is 11.7. The van der Waals surface area contributed by atoms with Gasteiger partial charge in [-0.1, -0.05) is 0 Å². The van der Waals surface area contributed by atoms with Crippen molar-refractivity contribution in [1.29, 1.82) is 0 Å². The van der Waals surface area contributed by atoms with E-state index in [1.165, 1.54) is 0 Å². The molecule has 0 saturated heterocycles. The normalized spacial score (nSPS) is 10.8. The summed E-state index contributed by atoms with van der Waals surface area (Å²) in [6.07, 6.45) is 6.84. The molecule has 2 aromatic heterocycles. The van der Waals surface area contributed by atoms with Gasteiger partial charge in [0.25, 0.3) is 0 Å². The van der Waals surface area contributed by atoms with Crippen LogP contribution in [0.4, 0.5) is 0 Å². The van der Waals surface area contributed by atoms with E-state index in [2.05, 4.69) is 10.1 Å². The third-order valence-corrected chi connectivity index (χ3v) is 2.52. The van der Waals surface area contributed by atoms with E-state index in [1.54, 1.807) is 23.4 Å². The van der Waals surface area contributed by atoms with Gasteiger partial charge in [0.15, 0.2) is 5.69 Å². The number of hydrogen-bond acceptors (Lipinski definition) is 4. The van der Waals surface area contributed by atoms with Crippen molar-refractivity contribution in [1.82, 2.24) is 19.3 Å². The van der Waals surface area contributed by atoms with Gasteiger partial charge in [0, 0.05) is 24.6 Å². The summed E-state index contributed by atoms with van der Waals surface area (Å²) in [4.78, 5) is 15.7. The van der Waals surface area contributed by atoms with E-state index in [0.29, 0.717) is 12.2 Å². The first kappa shape index (κ1) is 12.3. The zero-order valence-corrected chi connectivity index (χ0v) is 10.5. The molecule has 2 aromatic rings. The number of nitrogens with zero attached hydrogens (tertiary/aromatic N) is 4. The van der Waals surface area contributed by atoms with Crippen LogP contribution in [0.3, 0.4) is 0 Å². The summed E-state index contributed by atoms with van der Waals surface area (Å²) in [6.45, 7) is 4.88. The van der Waals surface area contributed by atoms with E-state index in [-0.39, 0.29) is 12.6 Å². The van der Waals surface area contributed by atoms with Gasteiger partial charge >= 0.3 is 5.97 Å². The highest BCUT2D eigenvalue weighted by molar-refractivity contribution is 5.86. The van der Waals surface area contributed by atoms with Crippen LogP contribution in [0.5, 0.6) is 0 Å². The number of ether oxygens (including phenoxy) is 1. The molecule has 0 aliphatic rings. The fourth-order valence-corrected chi connectivity index (χ4v) is 1.46. The zero-order valence-electron chi connectivity index (χ0n) is 10.5. The van der Waals surface area contributed by atoms with Gasteiger partial charge in [0.1, 0.15) is 6.61 Å². The van der Waals surface area contributed by atoms with Crippen LogP contribution in [0.15, 0.2) is 31.0 Å². The molecule has 18 heavy (non-hydrogen) atoms. The van der Waals surface area contributed by atoms with Gasteiger partial charge in [-0.25, -0.2) is 9.78 Å². The van der Waals surface area contributed by atoms with Crippen molar-refractivity contribution in [3.8, 4) is 0 Å². The Morgan fingerprint density at radius 2 is 2.33 bits per heavy atom. The molecule has 0 radical (unpaired) electrons. The fraction of sp³-hybridized carbons (Fsp3) is 0.417. The van der Waals surface area contributed by atoms with Crippen LogP contribution in [0.25, 0.3) is 0 Å². The Bertz CT molecular complexity index is 502. The van der Waals surface area contributed by atoms with E-state index in [4.69, 9.17) is 4.74 Å². The highest BCUT2D eigenvalue weighted by Crippen LogP contribution is 2.06. The molecule has 2 heterocycles. The summed E-state index contributed by atoms with van der Waals surface area (Å²) in [7, 11) is 0. The Hall–Kier alpha value is -2.11. The van der Waals surface area contributed by atoms with Crippen LogP contribution in [0, 0.1) is 0 Å². The highest BCUT2D eigenvalue weighted by atomic mass is 16.5. The molecule has 0 amide bonds. The van der Waals surface area contributed by atoms with Crippen molar-refractivity contribution < 1.29 is 9.53 Å². The summed E-state index contributed by atoms with van der Waals surface area (Å²) in [6, 6.07) is 2.11. The first-order chi connectivity index (χ1) is 8.66. The Labute approximate surface area is 105 Å². The summed E-state index contributed by atoms with van der Waals surface area (Å²) < 4.78 is 8.69. The Balaban J connectivity index is 1.83. The van der Waals surface area contributed by atoms with Gasteiger partial charge in [-0.2, -0.15) is 5.10 Å². The molecule has 6 nitrogen and oxygen atoms in total. The third-order valence-electron chi connectivity index (χ3n) is 2.52. The lowest BCUT2D eigenvalue weighted by Gasteiger charge is -2.04. The second kappa shape index (κ2) is 5.48. The van der Waals surface area contributed by atoms with Crippen LogP contribution in [0.2, 0.25) is 0 Å². The zero-order chi connectivity index (χ0) is 13.0. The lowest BCUT2D eigenvalue weighted by molar-refractivity contribution is 0.0481. The number of rotatable bonds is 5. The summed E-state index contributed by atoms with van der Waals surface area (Å²) >= 11 is 0. The molecule has 6 heteroatoms. The molecule has 0 spiro atoms. The number of carbonyl (C=O) groups is 1. The van der Waals surface area contributed by atoms with Gasteiger partial charge in [-0.3, -0.25) is 4.68 Å². The first-order valence-electron chi connectivity index (χ1n) is 5.85. The predicted octanol–water partition coefficient (Wildman–Crippen LogP) is 1.52. The molecular weight excluding hydrogens is 232 g/mol. The number of aromatic nitrogens is 4. The van der Waals surface area contributed by atoms with E-state index in [1.807, 2.05) is 30.7 Å². The topological polar surface area (TPSA) is 61.9 Å². The van der Waals surface area contributed by atoms with Crippen LogP contribution in [-0.4, -0.2) is 31.9 Å². The molecular formula is C12H16N4O2. The Morgan fingerprint density at radius 1 is 1.50 bits per heavy atom. The molecule has 0 bridgehead atoms. The van der Waals surface area contributed by atoms with Crippen molar-refractivity contribution in [3.05, 3.63) is 36.7 Å². The maximum Gasteiger partial charge on any atom is 0.358 e. The fourth-order valence-electron chi connectivity index (χ4n) is 1.46. The second-order valence-corrected chi connectivity index (χ2v) is 4.20. The summed E-state index contributed by atoms with van der Waals surface area (Å²) in [5.41, 5.74) is 0.337. The van der Waals surface area contributed by atoms with E-state index in [9.17, 15) is 4.79 Å². The molecule has 0 aliphatic heterocycles. The molecule has 0 saturated carbocycles. The molecule has 0 fully saturated rings. The van der Waals surface area contributed by atoms with Crippen LogP contribution in [-0.2, 0) is 11.3 Å². The third kappa shape index (κ3) is 2.97. The molecule has 0 aromatic carbocycles. The van der Waals surface area contributed by atoms with Gasteiger partial charge in [-0.05, 0) is 19.9 Å². The van der Waals surface area contributed by atoms with E-state index >= 15 is 0 Å². The van der Waals surface area contributed by atoms with Crippen molar-refractivity contribution in [2.75, 3.05) is 6.61 Å². The molecule has 0 N–H and O–H groups in total. The molecule has 0 atom stereocenters. The summed E-state index contributed by atoms with van der Waals surface area (Å²) in [5, 5.41) is 4.02. The van der Waals surface area contributed by atoms with E-state index < -0.39 is 5.97 Å². The minimum atomic E-state index is -0.401. The largest absolute Gasteiger partial charge is 0.459 e. The Kier molecular flexibility index (Phi) is 3.76. The lowest BCUT2D eigenvalue weighted by atomic mass is 10.4. The number of esters is 1. The smallest absolute Gasteiger partial charge is 0.358 e. The SMILES string of the molecule is CC(C)n1cnc(C(=O)OCCn2cccn2)c1. The number of carbonyl (C=O) groups excluding carboxylic acids is 1. The van der Waals surface area contributed by atoms with Crippen LogP contribution < -0.4 is 0 Å². The first-order valence-corrected chi connectivity index (χ1v) is 5.85. The van der Waals surface area contributed by atoms with Crippen LogP contribution in [0.1, 0.15) is 30.4 Å². The maximum atomic E-state index is 11.7. The molecule has 0 unspecified atom stereocenters. The minimum Gasteiger partial charge on any atom is -0.459 e. The minimum absolute atomic E-state index is 0.281. The van der Waals surface area contributed by atoms with Crippen molar-refractivity contribution >= 4 is 5.97 Å². The average Bonchev–Trinajstić information content (AvgIpc) is 2.99. The van der Waals surface area contributed by atoms with Gasteiger partial charge in [-0.15, -0.1) is 0 Å². The van der Waals surface area contributed by atoms with E-state index in [0.717, 1.165) is 0 Å². The predicted molar refractivity (Wildman–Crippen MR) is 65.1 cm³/mol. The van der Waals surface area contributed by atoms with Gasteiger partial charge in [0.05, 0.1) is 12.9 Å². The van der Waals surface area contributed by atoms with Gasteiger partial charge in [0.2, 0.25) is 0 Å². The molecule has 0 aliphatic carbocycles. The Morgan fingerprint density at radius 3 is 2.94 bits per heavy atom. The standard InChI is InChI=1S/C12H16N4O2/c1-10(2)15-8-11(13-9-15)12(17)18-7-6-16-5-3-4-14-16/h3-5,8-10H,6-7H2,1-2H3. The van der Waals surface area contributed by atoms with Crippen molar-refractivity contribution in [2.45, 2.75) is 26.4 Å². The van der Waals surface area contributed by atoms with Crippen molar-refractivity contribution in [2.24, 2.45) is 0 Å². The lowest BCUT2D eigenvalue weighted by Crippen LogP contribution is -2.12. The summed E-state index contributed by atoms with van der Waals surface area (Å²) in [5.74, 6) is -0.401.